The topological polar surface area (TPSA) is 115 Å². The molecule has 0 unspecified atom stereocenters. The molecule has 0 radical (unpaired) electrons. The number of hydrazone groups is 1. The van der Waals surface area contributed by atoms with Crippen molar-refractivity contribution in [2.45, 2.75) is 52.4 Å². The monoisotopic (exact) mass is 406 g/mol. The van der Waals surface area contributed by atoms with Crippen LogP contribution in [0.15, 0.2) is 63.6 Å². The van der Waals surface area contributed by atoms with Crippen LogP contribution in [0, 0.1) is 0 Å². The molecule has 0 fully saturated rings. The minimum Gasteiger partial charge on any atom is -0.387 e. The van der Waals surface area contributed by atoms with Gasteiger partial charge in [0.1, 0.15) is 11.7 Å². The third-order valence-corrected chi connectivity index (χ3v) is 4.83. The number of rotatable bonds is 10. The van der Waals surface area contributed by atoms with Crippen LogP contribution in [0.25, 0.3) is 11.1 Å². The summed E-state index contributed by atoms with van der Waals surface area (Å²) >= 11 is 0. The third kappa shape index (κ3) is 7.03. The van der Waals surface area contributed by atoms with Crippen molar-refractivity contribution in [2.24, 2.45) is 32.4 Å². The van der Waals surface area contributed by atoms with Crippen LogP contribution in [0.5, 0.6) is 0 Å². The van der Waals surface area contributed by atoms with Crippen molar-refractivity contribution >= 4 is 17.5 Å². The summed E-state index contributed by atoms with van der Waals surface area (Å²) in [4.78, 5) is 9.30. The molecule has 0 amide bonds. The van der Waals surface area contributed by atoms with Crippen LogP contribution in [0.2, 0.25) is 0 Å². The summed E-state index contributed by atoms with van der Waals surface area (Å²) in [5, 5.41) is 3.64. The summed E-state index contributed by atoms with van der Waals surface area (Å²) in [5.41, 5.74) is 16.1. The summed E-state index contributed by atoms with van der Waals surface area (Å²) in [6, 6.07) is 16.2. The fraction of sp³-hybridized carbons (Fsp3) is 0.375. The second-order valence-electron chi connectivity index (χ2n) is 7.29. The van der Waals surface area contributed by atoms with Crippen LogP contribution >= 0.6 is 0 Å². The predicted octanol–water partition coefficient (Wildman–Crippen LogP) is 4.22. The minimum atomic E-state index is 0.317. The van der Waals surface area contributed by atoms with Crippen LogP contribution in [0.3, 0.4) is 0 Å². The lowest BCUT2D eigenvalue weighted by Gasteiger charge is -2.10. The molecule has 0 heterocycles. The Morgan fingerprint density at radius 3 is 2.27 bits per heavy atom. The van der Waals surface area contributed by atoms with Crippen LogP contribution < -0.4 is 17.3 Å². The Bertz CT molecular complexity index is 881. The number of aliphatic imine (C=N–C) groups is 2. The Kier molecular flexibility index (Phi) is 9.58. The van der Waals surface area contributed by atoms with Crippen LogP contribution in [0.4, 0.5) is 0 Å². The minimum absolute atomic E-state index is 0.317. The third-order valence-electron chi connectivity index (χ3n) is 4.83. The van der Waals surface area contributed by atoms with Crippen molar-refractivity contribution in [1.82, 2.24) is 0 Å². The van der Waals surface area contributed by atoms with Crippen molar-refractivity contribution in [3.05, 3.63) is 59.7 Å². The van der Waals surface area contributed by atoms with Crippen LogP contribution in [-0.2, 0) is 6.42 Å². The molecule has 6 nitrogen and oxygen atoms in total. The van der Waals surface area contributed by atoms with E-state index in [9.17, 15) is 0 Å². The quantitative estimate of drug-likeness (QED) is 0.180. The van der Waals surface area contributed by atoms with Gasteiger partial charge >= 0.3 is 0 Å². The molecule has 0 aliphatic rings. The van der Waals surface area contributed by atoms with E-state index >= 15 is 0 Å². The zero-order chi connectivity index (χ0) is 21.8. The SMILES string of the molecule is CCCCN=C(Cc1ccc(-c2ccccc2/C(N)=N/N)cc1)N=C(N)CCCC. The van der Waals surface area contributed by atoms with E-state index in [1.807, 2.05) is 24.3 Å². The van der Waals surface area contributed by atoms with Gasteiger partial charge in [-0.3, -0.25) is 4.99 Å². The van der Waals surface area contributed by atoms with Gasteiger partial charge in [-0.05, 0) is 29.5 Å². The molecule has 0 bridgehead atoms. The van der Waals surface area contributed by atoms with E-state index in [0.29, 0.717) is 18.1 Å². The van der Waals surface area contributed by atoms with E-state index < -0.39 is 0 Å². The van der Waals surface area contributed by atoms with Gasteiger partial charge in [-0.25, -0.2) is 4.99 Å². The zero-order valence-corrected chi connectivity index (χ0v) is 18.1. The lowest BCUT2D eigenvalue weighted by atomic mass is 9.97. The lowest BCUT2D eigenvalue weighted by molar-refractivity contribution is 0.804. The number of amidine groups is 3. The number of hydrogen-bond donors (Lipinski definition) is 3. The average molecular weight is 407 g/mol. The molecule has 30 heavy (non-hydrogen) atoms. The first-order chi connectivity index (χ1) is 14.6. The zero-order valence-electron chi connectivity index (χ0n) is 18.1. The van der Waals surface area contributed by atoms with E-state index in [0.717, 1.165) is 66.7 Å². The summed E-state index contributed by atoms with van der Waals surface area (Å²) in [7, 11) is 0. The number of benzene rings is 2. The molecule has 0 aromatic heterocycles. The first kappa shape index (κ1) is 23.1. The van der Waals surface area contributed by atoms with E-state index in [4.69, 9.17) is 17.3 Å². The number of nitrogens with two attached hydrogens (primary N) is 3. The molecule has 2 rings (SSSR count). The normalized spacial score (nSPS) is 12.9. The molecular formula is C24H34N6. The largest absolute Gasteiger partial charge is 0.387 e. The summed E-state index contributed by atoms with van der Waals surface area (Å²) < 4.78 is 0. The fourth-order valence-electron chi connectivity index (χ4n) is 3.09. The van der Waals surface area contributed by atoms with Gasteiger partial charge in [0.15, 0.2) is 5.84 Å². The average Bonchev–Trinajstić information content (AvgIpc) is 2.77. The molecule has 160 valence electrons. The molecule has 0 spiro atoms. The van der Waals surface area contributed by atoms with Gasteiger partial charge in [0.25, 0.3) is 0 Å². The first-order valence-corrected chi connectivity index (χ1v) is 10.7. The van der Waals surface area contributed by atoms with Gasteiger partial charge < -0.3 is 17.3 Å². The highest BCUT2D eigenvalue weighted by molar-refractivity contribution is 6.03. The molecule has 2 aromatic rings. The van der Waals surface area contributed by atoms with E-state index in [1.165, 1.54) is 0 Å². The maximum absolute atomic E-state index is 6.11. The molecule has 0 aliphatic heterocycles. The van der Waals surface area contributed by atoms with E-state index in [2.05, 4.69) is 53.2 Å². The van der Waals surface area contributed by atoms with Gasteiger partial charge in [-0.15, -0.1) is 0 Å². The lowest BCUT2D eigenvalue weighted by Crippen LogP contribution is -2.16. The molecule has 0 saturated heterocycles. The van der Waals surface area contributed by atoms with Crippen molar-refractivity contribution in [1.29, 1.82) is 0 Å². The maximum atomic E-state index is 6.11. The van der Waals surface area contributed by atoms with Crippen molar-refractivity contribution in [2.75, 3.05) is 6.54 Å². The second-order valence-corrected chi connectivity index (χ2v) is 7.29. The van der Waals surface area contributed by atoms with Gasteiger partial charge in [0.2, 0.25) is 0 Å². The molecule has 6 N–H and O–H groups in total. The fourth-order valence-corrected chi connectivity index (χ4v) is 3.09. The first-order valence-electron chi connectivity index (χ1n) is 10.7. The van der Waals surface area contributed by atoms with Gasteiger partial charge in [0, 0.05) is 24.9 Å². The maximum Gasteiger partial charge on any atom is 0.150 e. The molecule has 0 atom stereocenters. The predicted molar refractivity (Wildman–Crippen MR) is 129 cm³/mol. The van der Waals surface area contributed by atoms with Crippen molar-refractivity contribution in [3.8, 4) is 11.1 Å². The second kappa shape index (κ2) is 12.4. The Labute approximate surface area is 180 Å². The number of hydrogen-bond acceptors (Lipinski definition) is 3. The van der Waals surface area contributed by atoms with Crippen LogP contribution in [0.1, 0.15) is 57.1 Å². The number of unbranched alkanes of at least 4 members (excludes halogenated alkanes) is 2. The molecule has 6 heteroatoms. The summed E-state index contributed by atoms with van der Waals surface area (Å²) in [6.45, 7) is 5.09. The Hall–Kier alpha value is -3.15. The summed E-state index contributed by atoms with van der Waals surface area (Å²) in [6.07, 6.45) is 5.76. The smallest absolute Gasteiger partial charge is 0.150 e. The van der Waals surface area contributed by atoms with Crippen molar-refractivity contribution < 1.29 is 0 Å². The Morgan fingerprint density at radius 2 is 1.60 bits per heavy atom. The molecular weight excluding hydrogens is 372 g/mol. The molecule has 2 aromatic carbocycles. The Morgan fingerprint density at radius 1 is 0.900 bits per heavy atom. The van der Waals surface area contributed by atoms with Gasteiger partial charge in [-0.2, -0.15) is 5.10 Å². The van der Waals surface area contributed by atoms with Gasteiger partial charge in [-0.1, -0.05) is 75.2 Å². The van der Waals surface area contributed by atoms with Crippen LogP contribution in [-0.4, -0.2) is 24.1 Å². The number of nitrogens with zero attached hydrogens (tertiary/aromatic N) is 3. The Balaban J connectivity index is 2.22. The standard InChI is InChI=1S/C24H34N6/c1-3-5-11-22(25)29-23(28-16-6-4-2)17-18-12-14-19(15-13-18)20-9-7-8-10-21(20)24(26)30-27/h7-10,12-15H,3-6,11,16-17,27H2,1-2H3,(H2,26,30)(H2,25,28,29). The van der Waals surface area contributed by atoms with Crippen molar-refractivity contribution in [3.63, 3.8) is 0 Å². The van der Waals surface area contributed by atoms with Gasteiger partial charge in [0.05, 0.1) is 0 Å². The molecule has 0 saturated carbocycles. The van der Waals surface area contributed by atoms with E-state index in [-0.39, 0.29) is 0 Å². The molecule has 0 aliphatic carbocycles. The highest BCUT2D eigenvalue weighted by Crippen LogP contribution is 2.24. The summed E-state index contributed by atoms with van der Waals surface area (Å²) in [5.74, 6) is 7.15. The van der Waals surface area contributed by atoms with E-state index in [1.54, 1.807) is 0 Å². The highest BCUT2D eigenvalue weighted by Gasteiger charge is 2.09. The highest BCUT2D eigenvalue weighted by atomic mass is 15.2.